The van der Waals surface area contributed by atoms with Crippen molar-refractivity contribution in [1.82, 2.24) is 0 Å². The van der Waals surface area contributed by atoms with Gasteiger partial charge in [0.2, 0.25) is 0 Å². The first-order chi connectivity index (χ1) is 14.3. The van der Waals surface area contributed by atoms with Gasteiger partial charge in [0.05, 0.1) is 36.5 Å². The molecule has 0 aromatic heterocycles. The molecule has 9 nitrogen and oxygen atoms in total. The summed E-state index contributed by atoms with van der Waals surface area (Å²) in [6, 6.07) is 8.72. The third-order valence-electron chi connectivity index (χ3n) is 3.75. The van der Waals surface area contributed by atoms with Gasteiger partial charge in [-0.2, -0.15) is 0 Å². The third-order valence-corrected chi connectivity index (χ3v) is 4.58. The van der Waals surface area contributed by atoms with E-state index < -0.39 is 17.0 Å². The summed E-state index contributed by atoms with van der Waals surface area (Å²) in [5, 5.41) is 9.56. The average molecular weight is 456 g/mol. The monoisotopic (exact) mass is 455 g/mol. The molecular formula is C19H18ClNO8S. The Morgan fingerprint density at radius 3 is 2.37 bits per heavy atom. The van der Waals surface area contributed by atoms with Crippen molar-refractivity contribution in [2.75, 3.05) is 20.3 Å². The third kappa shape index (κ3) is 6.82. The van der Waals surface area contributed by atoms with Gasteiger partial charge in [-0.3, -0.25) is 0 Å². The topological polar surface area (TPSA) is 114 Å². The van der Waals surface area contributed by atoms with Crippen molar-refractivity contribution in [1.29, 1.82) is 0 Å². The molecule has 0 radical (unpaired) electrons. The van der Waals surface area contributed by atoms with E-state index in [1.165, 1.54) is 43.5 Å². The van der Waals surface area contributed by atoms with E-state index in [4.69, 9.17) is 25.8 Å². The smallest absolute Gasteiger partial charge is 0.343 e. The summed E-state index contributed by atoms with van der Waals surface area (Å²) < 4.78 is 15.6. The fourth-order valence-corrected chi connectivity index (χ4v) is 2.60. The zero-order valence-corrected chi connectivity index (χ0v) is 17.5. The van der Waals surface area contributed by atoms with Crippen LogP contribution in [0.1, 0.15) is 33.6 Å². The summed E-state index contributed by atoms with van der Waals surface area (Å²) in [6.07, 6.45) is 0.770. The van der Waals surface area contributed by atoms with Crippen LogP contribution in [0.5, 0.6) is 11.5 Å². The molecule has 0 atom stereocenters. The second kappa shape index (κ2) is 11.3. The Labute approximate surface area is 182 Å². The molecule has 160 valence electrons. The Morgan fingerprint density at radius 2 is 1.70 bits per heavy atom. The Balaban J connectivity index is 1.96. The SMILES string of the molecule is COc1cc(C(=O)OCCCCO[N+](=O)[O-])ccc1OC(=O)c1ccc(Cl)c(S)c1. The van der Waals surface area contributed by atoms with Gasteiger partial charge in [0, 0.05) is 4.90 Å². The highest BCUT2D eigenvalue weighted by Crippen LogP contribution is 2.30. The lowest BCUT2D eigenvalue weighted by atomic mass is 10.2. The van der Waals surface area contributed by atoms with Crippen LogP contribution in [0.4, 0.5) is 0 Å². The first kappa shape index (κ1) is 23.3. The van der Waals surface area contributed by atoms with Crippen molar-refractivity contribution >= 4 is 36.2 Å². The lowest BCUT2D eigenvalue weighted by Gasteiger charge is -2.11. The van der Waals surface area contributed by atoms with Gasteiger partial charge in [0.1, 0.15) is 0 Å². The average Bonchev–Trinajstić information content (AvgIpc) is 2.72. The molecule has 0 N–H and O–H groups in total. The predicted molar refractivity (Wildman–Crippen MR) is 109 cm³/mol. The number of benzene rings is 2. The molecule has 11 heteroatoms. The van der Waals surface area contributed by atoms with Crippen LogP contribution in [0.25, 0.3) is 0 Å². The van der Waals surface area contributed by atoms with Crippen molar-refractivity contribution in [3.05, 3.63) is 62.7 Å². The van der Waals surface area contributed by atoms with Crippen molar-refractivity contribution < 1.29 is 33.7 Å². The van der Waals surface area contributed by atoms with Crippen molar-refractivity contribution in [2.24, 2.45) is 0 Å². The largest absolute Gasteiger partial charge is 0.493 e. The van der Waals surface area contributed by atoms with Crippen LogP contribution in [0.15, 0.2) is 41.3 Å². The Hall–Kier alpha value is -2.98. The predicted octanol–water partition coefficient (Wildman–Crippen LogP) is 4.00. The second-order valence-corrected chi connectivity index (χ2v) is 6.71. The summed E-state index contributed by atoms with van der Waals surface area (Å²) in [7, 11) is 1.37. The van der Waals surface area contributed by atoms with Gasteiger partial charge in [-0.05, 0) is 49.2 Å². The number of carbonyl (C=O) groups excluding carboxylic acids is 2. The van der Waals surface area contributed by atoms with Gasteiger partial charge in [0.15, 0.2) is 11.5 Å². The molecule has 0 aliphatic rings. The van der Waals surface area contributed by atoms with E-state index in [0.29, 0.717) is 22.8 Å². The number of ether oxygens (including phenoxy) is 3. The molecule has 0 fully saturated rings. The molecule has 0 heterocycles. The fourth-order valence-electron chi connectivity index (χ4n) is 2.27. The molecule has 0 spiro atoms. The Kier molecular flexibility index (Phi) is 8.75. The number of hydrogen-bond donors (Lipinski definition) is 1. The minimum absolute atomic E-state index is 0.0687. The number of halogens is 1. The molecule has 0 aliphatic carbocycles. The maximum absolute atomic E-state index is 12.3. The lowest BCUT2D eigenvalue weighted by Crippen LogP contribution is -2.11. The van der Waals surface area contributed by atoms with Gasteiger partial charge in [0.25, 0.3) is 5.09 Å². The summed E-state index contributed by atoms with van der Waals surface area (Å²) in [5.41, 5.74) is 0.438. The minimum Gasteiger partial charge on any atom is -0.493 e. The van der Waals surface area contributed by atoms with Crippen molar-refractivity contribution in [3.63, 3.8) is 0 Å². The van der Waals surface area contributed by atoms with Crippen LogP contribution in [-0.2, 0) is 9.57 Å². The van der Waals surface area contributed by atoms with Crippen LogP contribution < -0.4 is 9.47 Å². The van der Waals surface area contributed by atoms with Gasteiger partial charge < -0.3 is 19.0 Å². The maximum atomic E-state index is 12.3. The highest BCUT2D eigenvalue weighted by molar-refractivity contribution is 7.80. The zero-order valence-electron chi connectivity index (χ0n) is 15.8. The van der Waals surface area contributed by atoms with Crippen LogP contribution in [0.3, 0.4) is 0 Å². The molecule has 0 unspecified atom stereocenters. The molecule has 0 bridgehead atoms. The highest BCUT2D eigenvalue weighted by atomic mass is 35.5. The van der Waals surface area contributed by atoms with E-state index in [2.05, 4.69) is 17.5 Å². The molecule has 0 saturated heterocycles. The first-order valence-electron chi connectivity index (χ1n) is 8.65. The van der Waals surface area contributed by atoms with Gasteiger partial charge >= 0.3 is 11.9 Å². The number of methoxy groups -OCH3 is 1. The normalized spacial score (nSPS) is 10.2. The number of carbonyl (C=O) groups is 2. The van der Waals surface area contributed by atoms with Crippen LogP contribution >= 0.6 is 24.2 Å². The van der Waals surface area contributed by atoms with E-state index in [1.54, 1.807) is 0 Å². The van der Waals surface area contributed by atoms with Crippen LogP contribution in [0, 0.1) is 10.1 Å². The fraction of sp³-hybridized carbons (Fsp3) is 0.263. The molecule has 2 aromatic carbocycles. The summed E-state index contributed by atoms with van der Waals surface area (Å²) in [6.45, 7) is 0.00234. The van der Waals surface area contributed by atoms with Crippen molar-refractivity contribution in [3.8, 4) is 11.5 Å². The molecule has 0 amide bonds. The summed E-state index contributed by atoms with van der Waals surface area (Å²) >= 11 is 10.1. The number of hydrogen-bond acceptors (Lipinski definition) is 9. The number of thiol groups is 1. The molecular weight excluding hydrogens is 438 g/mol. The molecule has 0 saturated carbocycles. The van der Waals surface area contributed by atoms with Crippen LogP contribution in [0.2, 0.25) is 5.02 Å². The number of rotatable bonds is 10. The summed E-state index contributed by atoms with van der Waals surface area (Å²) in [5.74, 6) is -0.977. The van der Waals surface area contributed by atoms with E-state index in [9.17, 15) is 19.7 Å². The van der Waals surface area contributed by atoms with Crippen molar-refractivity contribution in [2.45, 2.75) is 17.7 Å². The zero-order chi connectivity index (χ0) is 22.1. The Morgan fingerprint density at radius 1 is 1.03 bits per heavy atom. The number of esters is 2. The number of nitrogens with zero attached hydrogens (tertiary/aromatic N) is 1. The lowest BCUT2D eigenvalue weighted by molar-refractivity contribution is -0.757. The van der Waals surface area contributed by atoms with Gasteiger partial charge in [-0.15, -0.1) is 22.7 Å². The maximum Gasteiger partial charge on any atom is 0.343 e. The second-order valence-electron chi connectivity index (χ2n) is 5.82. The van der Waals surface area contributed by atoms with E-state index in [-0.39, 0.29) is 35.8 Å². The minimum atomic E-state index is -0.878. The Bertz CT molecular complexity index is 937. The van der Waals surface area contributed by atoms with Gasteiger partial charge in [-0.25, -0.2) is 9.59 Å². The summed E-state index contributed by atoms with van der Waals surface area (Å²) in [4.78, 5) is 39.1. The number of unbranched alkanes of at least 4 members (excludes halogenated alkanes) is 1. The molecule has 30 heavy (non-hydrogen) atoms. The molecule has 0 aliphatic heterocycles. The van der Waals surface area contributed by atoms with E-state index in [0.717, 1.165) is 0 Å². The highest BCUT2D eigenvalue weighted by Gasteiger charge is 2.16. The van der Waals surface area contributed by atoms with Crippen LogP contribution in [-0.4, -0.2) is 37.3 Å². The first-order valence-corrected chi connectivity index (χ1v) is 9.47. The van der Waals surface area contributed by atoms with E-state index >= 15 is 0 Å². The van der Waals surface area contributed by atoms with Gasteiger partial charge in [-0.1, -0.05) is 11.6 Å². The quantitative estimate of drug-likeness (QED) is 0.143. The standard InChI is InChI=1S/C19H18ClNO8S/c1-26-16-10-12(18(22)27-8-2-3-9-28-21(24)25)5-7-15(16)29-19(23)13-4-6-14(20)17(30)11-13/h4-7,10-11,30H,2-3,8-9H2,1H3. The molecule has 2 aromatic rings. The van der Waals surface area contributed by atoms with E-state index in [1.807, 2.05) is 0 Å². The molecule has 2 rings (SSSR count).